The average molecular weight is 205 g/mol. The van der Waals surface area contributed by atoms with Gasteiger partial charge in [-0.2, -0.15) is 5.26 Å². The van der Waals surface area contributed by atoms with Gasteiger partial charge in [0.2, 0.25) is 0 Å². The Morgan fingerprint density at radius 2 is 1.93 bits per heavy atom. The van der Waals surface area contributed by atoms with Crippen molar-refractivity contribution in [1.82, 2.24) is 0 Å². The zero-order chi connectivity index (χ0) is 10.7. The number of ether oxygens (including phenoxy) is 1. The number of alkyl halides is 1. The fourth-order valence-electron chi connectivity index (χ4n) is 1.94. The van der Waals surface area contributed by atoms with Crippen LogP contribution in [0.3, 0.4) is 0 Å². The van der Waals surface area contributed by atoms with E-state index in [-0.39, 0.29) is 0 Å². The highest BCUT2D eigenvalue weighted by molar-refractivity contribution is 5.41. The topological polar surface area (TPSA) is 33.0 Å². The van der Waals surface area contributed by atoms with E-state index in [0.717, 1.165) is 0 Å². The molecule has 0 amide bonds. The molecule has 1 aromatic carbocycles. The SMILES string of the molecule is N#Cc1ccccc1C1(F)CCOCC1. The van der Waals surface area contributed by atoms with Crippen LogP contribution >= 0.6 is 0 Å². The molecule has 0 aliphatic carbocycles. The Bertz CT molecular complexity index is 391. The van der Waals surface area contributed by atoms with Crippen molar-refractivity contribution in [2.45, 2.75) is 18.5 Å². The van der Waals surface area contributed by atoms with Crippen molar-refractivity contribution in [2.24, 2.45) is 0 Å². The predicted molar refractivity (Wildman–Crippen MR) is 54.0 cm³/mol. The molecule has 2 rings (SSSR count). The summed E-state index contributed by atoms with van der Waals surface area (Å²) in [6.45, 7) is 0.854. The zero-order valence-electron chi connectivity index (χ0n) is 8.37. The molecule has 0 unspecified atom stereocenters. The van der Waals surface area contributed by atoms with Crippen LogP contribution < -0.4 is 0 Å². The van der Waals surface area contributed by atoms with Crippen molar-refractivity contribution >= 4 is 0 Å². The van der Waals surface area contributed by atoms with E-state index in [2.05, 4.69) is 0 Å². The molecule has 0 saturated carbocycles. The summed E-state index contributed by atoms with van der Waals surface area (Å²) in [7, 11) is 0. The third kappa shape index (κ3) is 1.86. The number of nitriles is 1. The summed E-state index contributed by atoms with van der Waals surface area (Å²) < 4.78 is 19.7. The molecule has 2 nitrogen and oxygen atoms in total. The van der Waals surface area contributed by atoms with Gasteiger partial charge in [0.1, 0.15) is 5.67 Å². The maximum Gasteiger partial charge on any atom is 0.141 e. The van der Waals surface area contributed by atoms with Crippen LogP contribution in [0, 0.1) is 11.3 Å². The second-order valence-electron chi connectivity index (χ2n) is 3.74. The molecule has 1 fully saturated rings. The molecule has 1 aliphatic rings. The first-order chi connectivity index (χ1) is 7.26. The van der Waals surface area contributed by atoms with Gasteiger partial charge < -0.3 is 4.74 Å². The molecule has 0 aromatic heterocycles. The average Bonchev–Trinajstić information content (AvgIpc) is 2.30. The number of benzene rings is 1. The van der Waals surface area contributed by atoms with Gasteiger partial charge in [-0.1, -0.05) is 18.2 Å². The fourth-order valence-corrected chi connectivity index (χ4v) is 1.94. The Balaban J connectivity index is 2.39. The van der Waals surface area contributed by atoms with Crippen molar-refractivity contribution < 1.29 is 9.13 Å². The summed E-state index contributed by atoms with van der Waals surface area (Å²) in [4.78, 5) is 0. The largest absolute Gasteiger partial charge is 0.381 e. The van der Waals surface area contributed by atoms with Gasteiger partial charge in [0.25, 0.3) is 0 Å². The van der Waals surface area contributed by atoms with E-state index < -0.39 is 5.67 Å². The first-order valence-electron chi connectivity index (χ1n) is 5.02. The second-order valence-corrected chi connectivity index (χ2v) is 3.74. The van der Waals surface area contributed by atoms with Gasteiger partial charge in [-0.15, -0.1) is 0 Å². The van der Waals surface area contributed by atoms with Crippen molar-refractivity contribution in [1.29, 1.82) is 5.26 Å². The summed E-state index contributed by atoms with van der Waals surface area (Å²) in [5.74, 6) is 0. The highest BCUT2D eigenvalue weighted by Crippen LogP contribution is 2.37. The number of nitrogens with zero attached hydrogens (tertiary/aromatic N) is 1. The lowest BCUT2D eigenvalue weighted by Gasteiger charge is -2.30. The quantitative estimate of drug-likeness (QED) is 0.705. The smallest absolute Gasteiger partial charge is 0.141 e. The molecular weight excluding hydrogens is 193 g/mol. The van der Waals surface area contributed by atoms with Crippen LogP contribution in [0.1, 0.15) is 24.0 Å². The number of rotatable bonds is 1. The first-order valence-corrected chi connectivity index (χ1v) is 5.02. The molecule has 0 N–H and O–H groups in total. The summed E-state index contributed by atoms with van der Waals surface area (Å²) in [6, 6.07) is 8.92. The Kier molecular flexibility index (Phi) is 2.70. The summed E-state index contributed by atoms with van der Waals surface area (Å²) in [5, 5.41) is 8.92. The van der Waals surface area contributed by atoms with Crippen molar-refractivity contribution in [3.8, 4) is 6.07 Å². The molecule has 1 aliphatic heterocycles. The normalized spacial score (nSPS) is 19.5. The minimum atomic E-state index is -1.38. The van der Waals surface area contributed by atoms with Gasteiger partial charge >= 0.3 is 0 Å². The lowest BCUT2D eigenvalue weighted by molar-refractivity contribution is -0.0116. The molecule has 15 heavy (non-hydrogen) atoms. The second kappa shape index (κ2) is 4.00. The van der Waals surface area contributed by atoms with Crippen LogP contribution in [0.15, 0.2) is 24.3 Å². The van der Waals surface area contributed by atoms with Crippen molar-refractivity contribution in [3.05, 3.63) is 35.4 Å². The van der Waals surface area contributed by atoms with Gasteiger partial charge in [-0.25, -0.2) is 4.39 Å². The van der Waals surface area contributed by atoms with Gasteiger partial charge in [-0.3, -0.25) is 0 Å². The van der Waals surface area contributed by atoms with Gasteiger partial charge in [-0.05, 0) is 6.07 Å². The molecule has 0 radical (unpaired) electrons. The summed E-state index contributed by atoms with van der Waals surface area (Å²) in [6.07, 6.45) is 0.678. The van der Waals surface area contributed by atoms with E-state index in [4.69, 9.17) is 10.00 Å². The van der Waals surface area contributed by atoms with Crippen LogP contribution in [-0.4, -0.2) is 13.2 Å². The lowest BCUT2D eigenvalue weighted by Crippen LogP contribution is -2.30. The summed E-state index contributed by atoms with van der Waals surface area (Å²) >= 11 is 0. The highest BCUT2D eigenvalue weighted by Gasteiger charge is 2.35. The Morgan fingerprint density at radius 1 is 1.27 bits per heavy atom. The third-order valence-electron chi connectivity index (χ3n) is 2.82. The maximum atomic E-state index is 14.5. The van der Waals surface area contributed by atoms with Crippen LogP contribution in [0.4, 0.5) is 4.39 Å². The van der Waals surface area contributed by atoms with Crippen LogP contribution in [0.25, 0.3) is 0 Å². The van der Waals surface area contributed by atoms with Crippen molar-refractivity contribution in [2.75, 3.05) is 13.2 Å². The third-order valence-corrected chi connectivity index (χ3v) is 2.82. The fraction of sp³-hybridized carbons (Fsp3) is 0.417. The standard InChI is InChI=1S/C12H12FNO/c13-12(5-7-15-8-6-12)11-4-2-1-3-10(11)9-14/h1-4H,5-8H2. The predicted octanol–water partition coefficient (Wildman–Crippen LogP) is 2.53. The zero-order valence-corrected chi connectivity index (χ0v) is 8.37. The van der Waals surface area contributed by atoms with E-state index in [0.29, 0.717) is 37.2 Å². The molecule has 0 bridgehead atoms. The Morgan fingerprint density at radius 3 is 2.60 bits per heavy atom. The Labute approximate surface area is 88.3 Å². The molecule has 1 aromatic rings. The van der Waals surface area contributed by atoms with Crippen LogP contribution in [0.5, 0.6) is 0 Å². The number of hydrogen-bond acceptors (Lipinski definition) is 2. The van der Waals surface area contributed by atoms with E-state index in [1.54, 1.807) is 24.3 Å². The van der Waals surface area contributed by atoms with Crippen LogP contribution in [0.2, 0.25) is 0 Å². The van der Waals surface area contributed by atoms with E-state index >= 15 is 0 Å². The first kappa shape index (κ1) is 10.1. The Hall–Kier alpha value is -1.40. The van der Waals surface area contributed by atoms with Crippen LogP contribution in [-0.2, 0) is 10.4 Å². The molecule has 0 spiro atoms. The molecule has 3 heteroatoms. The van der Waals surface area contributed by atoms with Crippen molar-refractivity contribution in [3.63, 3.8) is 0 Å². The number of halogens is 1. The van der Waals surface area contributed by atoms with Gasteiger partial charge in [0, 0.05) is 31.6 Å². The minimum Gasteiger partial charge on any atom is -0.381 e. The lowest BCUT2D eigenvalue weighted by atomic mass is 9.85. The van der Waals surface area contributed by atoms with Gasteiger partial charge in [0.15, 0.2) is 0 Å². The van der Waals surface area contributed by atoms with Gasteiger partial charge in [0.05, 0.1) is 11.6 Å². The summed E-state index contributed by atoms with van der Waals surface area (Å²) in [5.41, 5.74) is -0.442. The highest BCUT2D eigenvalue weighted by atomic mass is 19.1. The van der Waals surface area contributed by atoms with E-state index in [1.165, 1.54) is 0 Å². The molecule has 1 saturated heterocycles. The van der Waals surface area contributed by atoms with E-state index in [9.17, 15) is 4.39 Å². The minimum absolute atomic E-state index is 0.339. The molecule has 1 heterocycles. The maximum absolute atomic E-state index is 14.5. The molecular formula is C12H12FNO. The molecule has 0 atom stereocenters. The monoisotopic (exact) mass is 205 g/mol. The van der Waals surface area contributed by atoms with E-state index in [1.807, 2.05) is 6.07 Å². The molecule has 78 valence electrons. The number of hydrogen-bond donors (Lipinski definition) is 0.